The monoisotopic (exact) mass is 284 g/mol. The molecule has 0 aliphatic rings. The number of hydrogen-bond donors (Lipinski definition) is 0. The summed E-state index contributed by atoms with van der Waals surface area (Å²) in [7, 11) is 1.39. The minimum absolute atomic E-state index is 0.0164. The fourth-order valence-electron chi connectivity index (χ4n) is 1.16. The molecule has 0 amide bonds. The number of methoxy groups -OCH3 is 1. The normalized spacial score (nSPS) is 11.7. The summed E-state index contributed by atoms with van der Waals surface area (Å²) in [6, 6.07) is 10.3. The summed E-state index contributed by atoms with van der Waals surface area (Å²) in [6.07, 6.45) is 3.43. The van der Waals surface area contributed by atoms with Crippen LogP contribution in [0.4, 0.5) is 0 Å². The molecule has 0 aliphatic carbocycles. The number of carbonyl (C=O) groups excluding carboxylic acids is 1. The third-order valence-electron chi connectivity index (χ3n) is 1.95. The van der Waals surface area contributed by atoms with Crippen LogP contribution in [0.3, 0.4) is 0 Å². The van der Waals surface area contributed by atoms with Crippen molar-refractivity contribution < 1.29 is 9.53 Å². The van der Waals surface area contributed by atoms with E-state index in [2.05, 4.69) is 30.7 Å². The Morgan fingerprint density at radius 2 is 1.94 bits per heavy atom. The van der Waals surface area contributed by atoms with Gasteiger partial charge in [0.05, 0.1) is 0 Å². The zero-order chi connectivity index (χ0) is 12.0. The first-order valence-electron chi connectivity index (χ1n) is 5.05. The van der Waals surface area contributed by atoms with E-state index in [9.17, 15) is 4.79 Å². The number of esters is 1. The Balaban J connectivity index is 2.65. The van der Waals surface area contributed by atoms with Crippen molar-refractivity contribution in [2.75, 3.05) is 7.11 Å². The quantitative estimate of drug-likeness (QED) is 0.479. The predicted molar refractivity (Wildman–Crippen MR) is 67.0 cm³/mol. The fraction of sp³-hybridized carbons (Fsp3) is 0.308. The Hall–Kier alpha value is -1.05. The van der Waals surface area contributed by atoms with Gasteiger partial charge in [-0.3, -0.25) is 0 Å². The Bertz CT molecular complexity index is 369. The molecule has 16 heavy (non-hydrogen) atoms. The molecule has 0 radical (unpaired) electrons. The van der Waals surface area contributed by atoms with Crippen LogP contribution in [-0.4, -0.2) is 28.0 Å². The molecule has 0 aliphatic heterocycles. The molecule has 0 fully saturated rings. The van der Waals surface area contributed by atoms with Crippen LogP contribution >= 0.6 is 0 Å². The maximum absolute atomic E-state index is 11.0. The molecule has 0 unspecified atom stereocenters. The molecule has 0 spiro atoms. The number of carbonyl (C=O) groups is 1. The topological polar surface area (TPSA) is 26.3 Å². The van der Waals surface area contributed by atoms with E-state index < -0.39 is 0 Å². The van der Waals surface area contributed by atoms with Crippen molar-refractivity contribution in [1.29, 1.82) is 0 Å². The minimum atomic E-state index is -0.295. The number of benzene rings is 1. The summed E-state index contributed by atoms with van der Waals surface area (Å²) in [5.74, 6) is -0.295. The van der Waals surface area contributed by atoms with E-state index in [4.69, 9.17) is 0 Å². The zero-order valence-corrected chi connectivity index (χ0v) is 11.5. The molecule has 0 aromatic heterocycles. The van der Waals surface area contributed by atoms with E-state index >= 15 is 0 Å². The van der Waals surface area contributed by atoms with Crippen LogP contribution in [0.5, 0.6) is 0 Å². The van der Waals surface area contributed by atoms with Crippen LogP contribution in [0.2, 0.25) is 4.31 Å². The average Bonchev–Trinajstić information content (AvgIpc) is 2.27. The molecule has 0 heterocycles. The Morgan fingerprint density at radius 1 is 1.31 bits per heavy atom. The van der Waals surface area contributed by atoms with Gasteiger partial charge in [-0.05, 0) is 0 Å². The van der Waals surface area contributed by atoms with Gasteiger partial charge >= 0.3 is 103 Å². The van der Waals surface area contributed by atoms with Gasteiger partial charge in [0, 0.05) is 0 Å². The van der Waals surface area contributed by atoms with E-state index in [1.165, 1.54) is 17.6 Å². The number of ether oxygens (including phenoxy) is 1. The van der Waals surface area contributed by atoms with Crippen molar-refractivity contribution in [3.63, 3.8) is 0 Å². The van der Waals surface area contributed by atoms with Gasteiger partial charge in [-0.2, -0.15) is 0 Å². The van der Waals surface area contributed by atoms with Crippen molar-refractivity contribution in [3.8, 4) is 0 Å². The first-order valence-corrected chi connectivity index (χ1v) is 6.76. The second-order valence-corrected chi connectivity index (χ2v) is 7.50. The van der Waals surface area contributed by atoms with E-state index in [1.54, 1.807) is 0 Å². The molecule has 3 heteroatoms. The van der Waals surface area contributed by atoms with Crippen LogP contribution < -0.4 is 4.46 Å². The summed E-state index contributed by atoms with van der Waals surface area (Å²) in [4.78, 5) is 11.0. The van der Waals surface area contributed by atoms with Crippen LogP contribution in [-0.2, 0) is 9.53 Å². The van der Waals surface area contributed by atoms with E-state index in [-0.39, 0.29) is 10.3 Å². The SMILES string of the molecule is COC(=O)/C=C/C(C)(C)[Se]c1ccccc1. The van der Waals surface area contributed by atoms with Crippen LogP contribution in [0.1, 0.15) is 13.8 Å². The van der Waals surface area contributed by atoms with Gasteiger partial charge in [0.2, 0.25) is 0 Å². The van der Waals surface area contributed by atoms with E-state index in [1.807, 2.05) is 24.3 Å². The average molecular weight is 283 g/mol. The zero-order valence-electron chi connectivity index (χ0n) is 9.77. The Labute approximate surface area is 103 Å². The molecular weight excluding hydrogens is 267 g/mol. The van der Waals surface area contributed by atoms with Crippen molar-refractivity contribution in [2.24, 2.45) is 0 Å². The molecule has 0 saturated heterocycles. The van der Waals surface area contributed by atoms with Crippen molar-refractivity contribution in [3.05, 3.63) is 42.5 Å². The molecule has 0 atom stereocenters. The second kappa shape index (κ2) is 5.88. The molecule has 0 bridgehead atoms. The fourth-order valence-corrected chi connectivity index (χ4v) is 3.34. The summed E-state index contributed by atoms with van der Waals surface area (Å²) >= 11 is 0.304. The van der Waals surface area contributed by atoms with Crippen LogP contribution in [0, 0.1) is 0 Å². The van der Waals surface area contributed by atoms with Gasteiger partial charge in [0.15, 0.2) is 0 Å². The van der Waals surface area contributed by atoms with Gasteiger partial charge in [0.25, 0.3) is 0 Å². The second-order valence-electron chi connectivity index (χ2n) is 3.88. The van der Waals surface area contributed by atoms with Crippen molar-refractivity contribution in [2.45, 2.75) is 18.2 Å². The predicted octanol–water partition coefficient (Wildman–Crippen LogP) is 1.94. The number of allylic oxidation sites excluding steroid dienone is 1. The Kier molecular flexibility index (Phi) is 4.78. The molecule has 2 nitrogen and oxygen atoms in total. The molecule has 0 saturated carbocycles. The van der Waals surface area contributed by atoms with E-state index in [0.717, 1.165) is 0 Å². The number of rotatable bonds is 4. The van der Waals surface area contributed by atoms with Crippen LogP contribution in [0.25, 0.3) is 0 Å². The Morgan fingerprint density at radius 3 is 2.50 bits per heavy atom. The van der Waals surface area contributed by atoms with Gasteiger partial charge in [-0.1, -0.05) is 0 Å². The third-order valence-corrected chi connectivity index (χ3v) is 4.40. The first-order chi connectivity index (χ1) is 7.53. The molecule has 0 N–H and O–H groups in total. The molecular formula is C13H16O2Se. The molecule has 1 aromatic carbocycles. The van der Waals surface area contributed by atoms with Gasteiger partial charge in [-0.25, -0.2) is 0 Å². The summed E-state index contributed by atoms with van der Waals surface area (Å²) in [5.41, 5.74) is 0. The van der Waals surface area contributed by atoms with Gasteiger partial charge in [0.1, 0.15) is 0 Å². The molecule has 86 valence electrons. The summed E-state index contributed by atoms with van der Waals surface area (Å²) in [6.45, 7) is 4.25. The van der Waals surface area contributed by atoms with Crippen molar-refractivity contribution >= 4 is 25.4 Å². The number of hydrogen-bond acceptors (Lipinski definition) is 2. The first kappa shape index (κ1) is 13.0. The van der Waals surface area contributed by atoms with Gasteiger partial charge < -0.3 is 0 Å². The summed E-state index contributed by atoms with van der Waals surface area (Å²) < 4.78 is 5.92. The third kappa shape index (κ3) is 4.65. The van der Waals surface area contributed by atoms with Crippen LogP contribution in [0.15, 0.2) is 42.5 Å². The van der Waals surface area contributed by atoms with Gasteiger partial charge in [-0.15, -0.1) is 0 Å². The molecule has 1 aromatic rings. The van der Waals surface area contributed by atoms with E-state index in [0.29, 0.717) is 15.0 Å². The molecule has 1 rings (SSSR count). The summed E-state index contributed by atoms with van der Waals surface area (Å²) in [5, 5.41) is 0. The maximum atomic E-state index is 11.0. The standard InChI is InChI=1S/C13H16O2Se/c1-13(2,10-9-12(14)15-3)16-11-7-5-4-6-8-11/h4-10H,1-3H3/b10-9+. The van der Waals surface area contributed by atoms with Crippen molar-refractivity contribution in [1.82, 2.24) is 0 Å².